The van der Waals surface area contributed by atoms with Crippen LogP contribution in [0.2, 0.25) is 0 Å². The van der Waals surface area contributed by atoms with Crippen molar-refractivity contribution in [3.63, 3.8) is 0 Å². The molecule has 0 spiro atoms. The maximum atomic E-state index is 13.9. The molecule has 3 nitrogen and oxygen atoms in total. The summed E-state index contributed by atoms with van der Waals surface area (Å²) in [6, 6.07) is 12.8. The second kappa shape index (κ2) is 7.02. The molecule has 21 heavy (non-hydrogen) atoms. The maximum absolute atomic E-state index is 13.9. The molecule has 5 heteroatoms. The first-order chi connectivity index (χ1) is 10.0. The summed E-state index contributed by atoms with van der Waals surface area (Å²) < 4.78 is 14.7. The summed E-state index contributed by atoms with van der Waals surface area (Å²) in [5, 5.41) is 0. The highest BCUT2D eigenvalue weighted by Crippen LogP contribution is 2.24. The topological polar surface area (TPSA) is 41.3 Å². The molecule has 1 unspecified atom stereocenters. The molecule has 1 atom stereocenters. The maximum Gasteiger partial charge on any atom is 0.126 e. The van der Waals surface area contributed by atoms with Gasteiger partial charge in [0.25, 0.3) is 0 Å². The average Bonchev–Trinajstić information content (AvgIpc) is 2.48. The summed E-state index contributed by atoms with van der Waals surface area (Å²) in [5.41, 5.74) is 5.52. The monoisotopic (exact) mass is 351 g/mol. The van der Waals surface area contributed by atoms with E-state index in [4.69, 9.17) is 5.84 Å². The van der Waals surface area contributed by atoms with Crippen molar-refractivity contribution in [1.29, 1.82) is 0 Å². The van der Waals surface area contributed by atoms with Crippen LogP contribution in [0.25, 0.3) is 0 Å². The van der Waals surface area contributed by atoms with Crippen molar-refractivity contribution in [2.75, 3.05) is 19.0 Å². The molecule has 2 aromatic carbocycles. The van der Waals surface area contributed by atoms with E-state index in [1.807, 2.05) is 37.2 Å². The first-order valence-electron chi connectivity index (χ1n) is 6.68. The third kappa shape index (κ3) is 4.03. The number of hydrogen-bond acceptors (Lipinski definition) is 3. The van der Waals surface area contributed by atoms with Gasteiger partial charge in [-0.05, 0) is 47.9 Å². The minimum Gasteiger partial charge on any atom is -0.378 e. The molecular weight excluding hydrogens is 333 g/mol. The van der Waals surface area contributed by atoms with Gasteiger partial charge in [-0.15, -0.1) is 0 Å². The normalized spacial score (nSPS) is 12.2. The fourth-order valence-electron chi connectivity index (χ4n) is 2.21. The second-order valence-electron chi connectivity index (χ2n) is 5.15. The van der Waals surface area contributed by atoms with Crippen LogP contribution in [0.5, 0.6) is 0 Å². The van der Waals surface area contributed by atoms with Crippen LogP contribution in [-0.4, -0.2) is 14.1 Å². The number of benzene rings is 2. The van der Waals surface area contributed by atoms with Crippen LogP contribution in [0.1, 0.15) is 17.2 Å². The molecule has 0 aliphatic heterocycles. The van der Waals surface area contributed by atoms with Crippen LogP contribution in [0.3, 0.4) is 0 Å². The molecular formula is C16H19BrFN3. The van der Waals surface area contributed by atoms with E-state index in [-0.39, 0.29) is 11.9 Å². The Kier molecular flexibility index (Phi) is 5.33. The van der Waals surface area contributed by atoms with Gasteiger partial charge in [-0.2, -0.15) is 0 Å². The van der Waals surface area contributed by atoms with E-state index in [1.54, 1.807) is 12.1 Å². The minimum atomic E-state index is -0.220. The Labute approximate surface area is 133 Å². The Morgan fingerprint density at radius 3 is 2.67 bits per heavy atom. The lowest BCUT2D eigenvalue weighted by molar-refractivity contribution is 0.529. The van der Waals surface area contributed by atoms with E-state index in [0.29, 0.717) is 12.0 Å². The number of hydrogen-bond donors (Lipinski definition) is 2. The predicted molar refractivity (Wildman–Crippen MR) is 88.6 cm³/mol. The Balaban J connectivity index is 2.27. The summed E-state index contributed by atoms with van der Waals surface area (Å²) in [6.45, 7) is 0. The lowest BCUT2D eigenvalue weighted by Gasteiger charge is -2.20. The fourth-order valence-corrected chi connectivity index (χ4v) is 2.62. The van der Waals surface area contributed by atoms with Gasteiger partial charge in [0.2, 0.25) is 0 Å². The third-order valence-corrected chi connectivity index (χ3v) is 3.92. The lowest BCUT2D eigenvalue weighted by atomic mass is 9.98. The molecule has 0 bridgehead atoms. The number of nitrogens with zero attached hydrogens (tertiary/aromatic N) is 1. The number of nitrogens with one attached hydrogen (secondary N) is 1. The van der Waals surface area contributed by atoms with Gasteiger partial charge in [0.1, 0.15) is 5.82 Å². The SMILES string of the molecule is CN(C)c1cccc(C(Cc2cc(Br)ccc2F)NN)c1. The van der Waals surface area contributed by atoms with Crippen LogP contribution >= 0.6 is 15.9 Å². The molecule has 2 rings (SSSR count). The molecule has 0 fully saturated rings. The minimum absolute atomic E-state index is 0.145. The number of anilines is 1. The molecule has 0 saturated heterocycles. The molecule has 0 aliphatic rings. The number of nitrogens with two attached hydrogens (primary N) is 1. The Morgan fingerprint density at radius 2 is 2.00 bits per heavy atom. The van der Waals surface area contributed by atoms with Gasteiger partial charge in [-0.25, -0.2) is 4.39 Å². The van der Waals surface area contributed by atoms with E-state index < -0.39 is 0 Å². The van der Waals surface area contributed by atoms with Gasteiger partial charge in [-0.1, -0.05) is 28.1 Å². The zero-order valence-electron chi connectivity index (χ0n) is 12.1. The Hall–Kier alpha value is -1.43. The highest BCUT2D eigenvalue weighted by molar-refractivity contribution is 9.10. The van der Waals surface area contributed by atoms with Crippen molar-refractivity contribution in [2.24, 2.45) is 5.84 Å². The van der Waals surface area contributed by atoms with Crippen molar-refractivity contribution < 1.29 is 4.39 Å². The molecule has 0 radical (unpaired) electrons. The Bertz CT molecular complexity index is 616. The first-order valence-corrected chi connectivity index (χ1v) is 7.48. The van der Waals surface area contributed by atoms with Crippen LogP contribution in [0, 0.1) is 5.82 Å². The first kappa shape index (κ1) is 15.9. The highest BCUT2D eigenvalue weighted by Gasteiger charge is 2.14. The van der Waals surface area contributed by atoms with Crippen molar-refractivity contribution in [3.8, 4) is 0 Å². The number of halogens is 2. The standard InChI is InChI=1S/C16H19BrFN3/c1-21(2)14-5-3-4-11(9-14)16(20-19)10-12-8-13(17)6-7-15(12)18/h3-9,16,20H,10,19H2,1-2H3. The van der Waals surface area contributed by atoms with Crippen LogP contribution in [0.4, 0.5) is 10.1 Å². The number of rotatable bonds is 5. The van der Waals surface area contributed by atoms with Gasteiger partial charge in [0.05, 0.1) is 6.04 Å². The van der Waals surface area contributed by atoms with Crippen molar-refractivity contribution in [3.05, 3.63) is 63.9 Å². The van der Waals surface area contributed by atoms with Gasteiger partial charge >= 0.3 is 0 Å². The van der Waals surface area contributed by atoms with Gasteiger partial charge in [0, 0.05) is 24.3 Å². The van der Waals surface area contributed by atoms with Gasteiger partial charge in [0.15, 0.2) is 0 Å². The summed E-state index contributed by atoms with van der Waals surface area (Å²) in [7, 11) is 3.97. The molecule has 112 valence electrons. The van der Waals surface area contributed by atoms with E-state index >= 15 is 0 Å². The quantitative estimate of drug-likeness (QED) is 0.640. The van der Waals surface area contributed by atoms with Gasteiger partial charge in [-0.3, -0.25) is 11.3 Å². The largest absolute Gasteiger partial charge is 0.378 e. The van der Waals surface area contributed by atoms with Crippen molar-refractivity contribution >= 4 is 21.6 Å². The van der Waals surface area contributed by atoms with Crippen molar-refractivity contribution in [1.82, 2.24) is 5.43 Å². The van der Waals surface area contributed by atoms with Gasteiger partial charge < -0.3 is 4.90 Å². The average molecular weight is 352 g/mol. The molecule has 0 amide bonds. The fraction of sp³-hybridized carbons (Fsp3) is 0.250. The predicted octanol–water partition coefficient (Wildman–Crippen LogP) is 3.40. The molecule has 3 N–H and O–H groups in total. The van der Waals surface area contributed by atoms with E-state index in [2.05, 4.69) is 27.4 Å². The van der Waals surface area contributed by atoms with Crippen molar-refractivity contribution in [2.45, 2.75) is 12.5 Å². The van der Waals surface area contributed by atoms with Crippen LogP contribution < -0.4 is 16.2 Å². The molecule has 0 heterocycles. The summed E-state index contributed by atoms with van der Waals surface area (Å²) in [6.07, 6.45) is 0.485. The number of hydrazine groups is 1. The van der Waals surface area contributed by atoms with E-state index in [9.17, 15) is 4.39 Å². The smallest absolute Gasteiger partial charge is 0.126 e. The molecule has 0 aromatic heterocycles. The van der Waals surface area contributed by atoms with Crippen LogP contribution in [0.15, 0.2) is 46.9 Å². The lowest BCUT2D eigenvalue weighted by Crippen LogP contribution is -2.30. The van der Waals surface area contributed by atoms with Crippen LogP contribution in [-0.2, 0) is 6.42 Å². The third-order valence-electron chi connectivity index (χ3n) is 3.42. The summed E-state index contributed by atoms with van der Waals surface area (Å²) >= 11 is 3.37. The summed E-state index contributed by atoms with van der Waals surface area (Å²) in [5.74, 6) is 5.45. The molecule has 2 aromatic rings. The zero-order chi connectivity index (χ0) is 15.4. The zero-order valence-corrected chi connectivity index (χ0v) is 13.7. The Morgan fingerprint density at radius 1 is 1.24 bits per heavy atom. The molecule has 0 aliphatic carbocycles. The second-order valence-corrected chi connectivity index (χ2v) is 6.06. The van der Waals surface area contributed by atoms with E-state index in [1.165, 1.54) is 6.07 Å². The molecule has 0 saturated carbocycles. The highest BCUT2D eigenvalue weighted by atomic mass is 79.9. The van der Waals surface area contributed by atoms with E-state index in [0.717, 1.165) is 15.7 Å². The summed E-state index contributed by atoms with van der Waals surface area (Å²) in [4.78, 5) is 2.02.